The maximum absolute atomic E-state index is 10.4. The summed E-state index contributed by atoms with van der Waals surface area (Å²) in [5.74, 6) is 0. The molecule has 22 heavy (non-hydrogen) atoms. The molecule has 2 aromatic rings. The average Bonchev–Trinajstić information content (AvgIpc) is 2.41. The molecule has 2 rings (SSSR count). The summed E-state index contributed by atoms with van der Waals surface area (Å²) >= 11 is 0. The van der Waals surface area contributed by atoms with Crippen molar-refractivity contribution in [2.75, 3.05) is 0 Å². The van der Waals surface area contributed by atoms with Gasteiger partial charge < -0.3 is 4.55 Å². The Bertz CT molecular complexity index is 694. The van der Waals surface area contributed by atoms with Crippen molar-refractivity contribution in [1.82, 2.24) is 0 Å². The van der Waals surface area contributed by atoms with Crippen molar-refractivity contribution in [2.45, 2.75) is 38.7 Å². The Balaban J connectivity index is 0.000000220. The molecular weight excluding hydrogens is 302 g/mol. The molecule has 0 fully saturated rings. The first-order chi connectivity index (χ1) is 10.2. The molecule has 0 aliphatic heterocycles. The van der Waals surface area contributed by atoms with Gasteiger partial charge in [0.1, 0.15) is 10.1 Å². The molecule has 0 aliphatic rings. The third-order valence-electron chi connectivity index (χ3n) is 2.65. The van der Waals surface area contributed by atoms with Gasteiger partial charge in [-0.1, -0.05) is 17.7 Å². The minimum absolute atomic E-state index is 0.178. The summed E-state index contributed by atoms with van der Waals surface area (Å²) in [5, 5.41) is 0. The van der Waals surface area contributed by atoms with E-state index in [1.54, 1.807) is 16.9 Å². The fourth-order valence-electron chi connectivity index (χ4n) is 1.56. The van der Waals surface area contributed by atoms with E-state index < -0.39 is 10.1 Å². The van der Waals surface area contributed by atoms with E-state index in [2.05, 4.69) is 0 Å². The highest BCUT2D eigenvalue weighted by atomic mass is 32.2. The van der Waals surface area contributed by atoms with E-state index in [0.717, 1.165) is 11.3 Å². The summed E-state index contributed by atoms with van der Waals surface area (Å²) in [5.41, 5.74) is 2.04. The molecule has 1 aromatic carbocycles. The van der Waals surface area contributed by atoms with Gasteiger partial charge in [-0.3, -0.25) is 4.84 Å². The molecule has 0 amide bonds. The highest BCUT2D eigenvalue weighted by Crippen LogP contribution is 2.08. The molecule has 0 spiro atoms. The Labute approximate surface area is 131 Å². The van der Waals surface area contributed by atoms with Gasteiger partial charge >= 0.3 is 0 Å². The van der Waals surface area contributed by atoms with Gasteiger partial charge in [-0.15, -0.1) is 0 Å². The first-order valence-electron chi connectivity index (χ1n) is 6.87. The van der Waals surface area contributed by atoms with E-state index in [9.17, 15) is 13.0 Å². The second kappa shape index (κ2) is 7.91. The van der Waals surface area contributed by atoms with E-state index in [0.29, 0.717) is 0 Å². The molecule has 6 heteroatoms. The zero-order chi connectivity index (χ0) is 16.8. The van der Waals surface area contributed by atoms with Crippen molar-refractivity contribution in [3.05, 3.63) is 59.9 Å². The quantitative estimate of drug-likeness (QED) is 0.640. The smallest absolute Gasteiger partial charge is 0.231 e. The third kappa shape index (κ3) is 6.24. The van der Waals surface area contributed by atoms with Crippen LogP contribution in [0.5, 0.6) is 0 Å². The van der Waals surface area contributed by atoms with E-state index in [4.69, 9.17) is 4.84 Å². The van der Waals surface area contributed by atoms with Crippen LogP contribution >= 0.6 is 0 Å². The van der Waals surface area contributed by atoms with E-state index >= 15 is 0 Å². The first kappa shape index (κ1) is 18.1. The van der Waals surface area contributed by atoms with Crippen LogP contribution in [-0.2, 0) is 10.1 Å². The van der Waals surface area contributed by atoms with E-state index in [1.165, 1.54) is 12.1 Å². The highest BCUT2D eigenvalue weighted by molar-refractivity contribution is 7.85. The maximum Gasteiger partial charge on any atom is 0.231 e. The largest absolute Gasteiger partial charge is 0.744 e. The number of pyridine rings is 1. The Morgan fingerprint density at radius 1 is 1.05 bits per heavy atom. The zero-order valence-electron chi connectivity index (χ0n) is 13.2. The molecule has 0 aliphatic carbocycles. The number of aryl methyl sites for hydroxylation is 2. The summed E-state index contributed by atoms with van der Waals surface area (Å²) in [7, 11) is -4.27. The van der Waals surface area contributed by atoms with Crippen molar-refractivity contribution in [2.24, 2.45) is 0 Å². The average molecular weight is 323 g/mol. The van der Waals surface area contributed by atoms with Gasteiger partial charge in [0.15, 0.2) is 6.10 Å². The van der Waals surface area contributed by atoms with E-state index in [1.807, 2.05) is 52.1 Å². The minimum atomic E-state index is -4.27. The van der Waals surface area contributed by atoms with Crippen LogP contribution in [0.3, 0.4) is 0 Å². The third-order valence-corrected chi connectivity index (χ3v) is 3.50. The van der Waals surface area contributed by atoms with Crippen LogP contribution in [-0.4, -0.2) is 19.1 Å². The summed E-state index contributed by atoms with van der Waals surface area (Å²) in [6.07, 6.45) is 2.14. The van der Waals surface area contributed by atoms with E-state index in [-0.39, 0.29) is 11.0 Å². The number of aromatic nitrogens is 1. The monoisotopic (exact) mass is 323 g/mol. The van der Waals surface area contributed by atoms with Gasteiger partial charge in [0, 0.05) is 23.8 Å². The number of hydrogen-bond donors (Lipinski definition) is 0. The van der Waals surface area contributed by atoms with Crippen molar-refractivity contribution < 1.29 is 22.5 Å². The van der Waals surface area contributed by atoms with Crippen molar-refractivity contribution in [3.8, 4) is 0 Å². The summed E-state index contributed by atoms with van der Waals surface area (Å²) in [6, 6.07) is 11.7. The summed E-state index contributed by atoms with van der Waals surface area (Å²) in [6.45, 7) is 7.86. The lowest BCUT2D eigenvalue weighted by Gasteiger charge is -2.05. The Morgan fingerprint density at radius 2 is 1.64 bits per heavy atom. The maximum atomic E-state index is 10.4. The number of hydrogen-bond acceptors (Lipinski definition) is 4. The second-order valence-electron chi connectivity index (χ2n) is 5.09. The molecule has 5 nitrogen and oxygen atoms in total. The van der Waals surface area contributed by atoms with Crippen molar-refractivity contribution >= 4 is 10.1 Å². The summed E-state index contributed by atoms with van der Waals surface area (Å²) in [4.78, 5) is 5.28. The van der Waals surface area contributed by atoms with Crippen LogP contribution in [0.25, 0.3) is 0 Å². The van der Waals surface area contributed by atoms with Gasteiger partial charge in [0.05, 0.1) is 4.90 Å². The molecule has 0 unspecified atom stereocenters. The normalized spacial score (nSPS) is 10.8. The van der Waals surface area contributed by atoms with Gasteiger partial charge in [-0.2, -0.15) is 0 Å². The molecule has 0 radical (unpaired) electrons. The highest BCUT2D eigenvalue weighted by Gasteiger charge is 2.07. The topological polar surface area (TPSA) is 70.3 Å². The summed E-state index contributed by atoms with van der Waals surface area (Å²) < 4.78 is 32.9. The molecule has 0 atom stereocenters. The van der Waals surface area contributed by atoms with Crippen LogP contribution in [0.2, 0.25) is 0 Å². The SMILES string of the molecule is Cc1ccc(S(=O)(=O)[O-])cc1.Cc1cccc[n+]1OC(C)C. The lowest BCUT2D eigenvalue weighted by molar-refractivity contribution is -0.901. The predicted octanol–water partition coefficient (Wildman–Crippen LogP) is 2.02. The van der Waals surface area contributed by atoms with Crippen molar-refractivity contribution in [3.63, 3.8) is 0 Å². The molecular formula is C16H21NO4S. The molecule has 1 aromatic heterocycles. The van der Waals surface area contributed by atoms with Gasteiger partial charge in [-0.25, -0.2) is 8.42 Å². The van der Waals surface area contributed by atoms with Crippen LogP contribution in [0.15, 0.2) is 53.6 Å². The fourth-order valence-corrected chi connectivity index (χ4v) is 2.03. The van der Waals surface area contributed by atoms with Crippen LogP contribution in [0, 0.1) is 13.8 Å². The number of benzene rings is 1. The second-order valence-corrected chi connectivity index (χ2v) is 6.47. The lowest BCUT2D eigenvalue weighted by atomic mass is 10.2. The molecule has 1 heterocycles. The minimum Gasteiger partial charge on any atom is -0.744 e. The lowest BCUT2D eigenvalue weighted by Crippen LogP contribution is -2.47. The zero-order valence-corrected chi connectivity index (χ0v) is 14.0. The van der Waals surface area contributed by atoms with Gasteiger partial charge in [0.25, 0.3) is 0 Å². The van der Waals surface area contributed by atoms with Crippen molar-refractivity contribution in [1.29, 1.82) is 0 Å². The fraction of sp³-hybridized carbons (Fsp3) is 0.312. The Hall–Kier alpha value is -1.92. The van der Waals surface area contributed by atoms with Crippen LogP contribution in [0.1, 0.15) is 25.1 Å². The molecule has 120 valence electrons. The number of nitrogens with zero attached hydrogens (tertiary/aromatic N) is 1. The predicted molar refractivity (Wildman–Crippen MR) is 82.2 cm³/mol. The number of rotatable bonds is 3. The standard InChI is InChI=1S/C9H14NO.C7H8O3S/c1-8(2)11-10-7-5-4-6-9(10)3;1-6-2-4-7(5-3-6)11(8,9)10/h4-8H,1-3H3;2-5H,1H3,(H,8,9,10)/q+1;/p-1. The van der Waals surface area contributed by atoms with Gasteiger partial charge in [0.2, 0.25) is 11.9 Å². The molecule has 0 saturated carbocycles. The molecule has 0 saturated heterocycles. The molecule has 0 bridgehead atoms. The van der Waals surface area contributed by atoms with Crippen LogP contribution in [0.4, 0.5) is 0 Å². The van der Waals surface area contributed by atoms with Crippen LogP contribution < -0.4 is 9.57 Å². The van der Waals surface area contributed by atoms with Gasteiger partial charge in [-0.05, 0) is 39.0 Å². The first-order valence-corrected chi connectivity index (χ1v) is 8.28. The molecule has 0 N–H and O–H groups in total. The Kier molecular flexibility index (Phi) is 6.52. The Morgan fingerprint density at radius 3 is 2.09 bits per heavy atom.